The van der Waals surface area contributed by atoms with Crippen LogP contribution in [-0.4, -0.2) is 11.3 Å². The lowest BCUT2D eigenvalue weighted by Crippen LogP contribution is -2.28. The Labute approximate surface area is 95.2 Å². The van der Waals surface area contributed by atoms with Crippen LogP contribution in [0.3, 0.4) is 0 Å². The van der Waals surface area contributed by atoms with E-state index >= 15 is 0 Å². The second kappa shape index (κ2) is 4.92. The van der Waals surface area contributed by atoms with Crippen molar-refractivity contribution in [2.75, 3.05) is 0 Å². The van der Waals surface area contributed by atoms with Crippen molar-refractivity contribution in [2.45, 2.75) is 12.2 Å². The molecule has 1 aromatic carbocycles. The van der Waals surface area contributed by atoms with Crippen LogP contribution < -0.4 is 5.73 Å². The molecule has 0 radical (unpaired) electrons. The van der Waals surface area contributed by atoms with Gasteiger partial charge in [-0.25, -0.2) is 0 Å². The predicted octanol–water partition coefficient (Wildman–Crippen LogP) is 3.03. The molecule has 0 aliphatic carbocycles. The molecule has 1 aromatic rings. The molecular weight excluding hydrogens is 254 g/mol. The summed E-state index contributed by atoms with van der Waals surface area (Å²) in [5, 5.41) is 9.07. The number of benzene rings is 1. The molecule has 3 N–H and O–H groups in total. The summed E-state index contributed by atoms with van der Waals surface area (Å²) in [6.45, 7) is 0. The van der Waals surface area contributed by atoms with E-state index < -0.39 is 23.5 Å². The number of aromatic hydroxyl groups is 1. The number of hydrogen-bond acceptors (Lipinski definition) is 2. The molecule has 0 bridgehead atoms. The summed E-state index contributed by atoms with van der Waals surface area (Å²) in [6.07, 6.45) is -4.60. The molecule has 0 spiro atoms. The largest absolute Gasteiger partial charge is 0.506 e. The quantitative estimate of drug-likeness (QED) is 0.817. The number of phenolic OH excluding ortho intramolecular Hbond substituents is 1. The van der Waals surface area contributed by atoms with Crippen LogP contribution in [-0.2, 0) is 0 Å². The van der Waals surface area contributed by atoms with Gasteiger partial charge in [-0.2, -0.15) is 13.2 Å². The highest BCUT2D eigenvalue weighted by atomic mass is 35.5. The lowest BCUT2D eigenvalue weighted by atomic mass is 10.1. The van der Waals surface area contributed by atoms with Crippen molar-refractivity contribution in [2.24, 2.45) is 5.73 Å². The van der Waals surface area contributed by atoms with E-state index in [0.29, 0.717) is 0 Å². The minimum atomic E-state index is -4.60. The molecule has 7 heteroatoms. The second-order valence-corrected chi connectivity index (χ2v) is 3.10. The first-order chi connectivity index (χ1) is 6.34. The second-order valence-electron chi connectivity index (χ2n) is 2.70. The monoisotopic (exact) mass is 261 g/mol. The summed E-state index contributed by atoms with van der Waals surface area (Å²) in [5.41, 5.74) is 4.47. The van der Waals surface area contributed by atoms with Crippen LogP contribution in [0.4, 0.5) is 13.2 Å². The SMILES string of the molecule is Cl.N[C@H](c1cccc(Cl)c1O)C(F)(F)F. The average molecular weight is 262 g/mol. The molecule has 1 atom stereocenters. The van der Waals surface area contributed by atoms with Gasteiger partial charge in [0, 0.05) is 5.56 Å². The van der Waals surface area contributed by atoms with Crippen molar-refractivity contribution in [3.8, 4) is 5.75 Å². The van der Waals surface area contributed by atoms with Crippen molar-refractivity contribution >= 4 is 24.0 Å². The Hall–Kier alpha value is -0.650. The van der Waals surface area contributed by atoms with E-state index in [1.54, 1.807) is 0 Å². The Kier molecular flexibility index (Phi) is 4.70. The summed E-state index contributed by atoms with van der Waals surface area (Å²) in [6, 6.07) is 1.44. The highest BCUT2D eigenvalue weighted by Crippen LogP contribution is 2.37. The zero-order valence-corrected chi connectivity index (χ0v) is 8.83. The fourth-order valence-corrected chi connectivity index (χ4v) is 1.14. The van der Waals surface area contributed by atoms with Gasteiger partial charge in [0.25, 0.3) is 0 Å². The van der Waals surface area contributed by atoms with E-state index in [9.17, 15) is 18.3 Å². The van der Waals surface area contributed by atoms with E-state index in [0.717, 1.165) is 6.07 Å². The fraction of sp³-hybridized carbons (Fsp3) is 0.250. The third-order valence-corrected chi connectivity index (χ3v) is 2.01. The first-order valence-corrected chi connectivity index (χ1v) is 4.01. The number of rotatable bonds is 1. The van der Waals surface area contributed by atoms with Crippen molar-refractivity contribution < 1.29 is 18.3 Å². The summed E-state index contributed by atoms with van der Waals surface area (Å²) in [4.78, 5) is 0. The van der Waals surface area contributed by atoms with Gasteiger partial charge in [0.1, 0.15) is 11.8 Å². The van der Waals surface area contributed by atoms with Crippen LogP contribution in [0, 0.1) is 0 Å². The van der Waals surface area contributed by atoms with Gasteiger partial charge in [-0.15, -0.1) is 12.4 Å². The molecule has 86 valence electrons. The van der Waals surface area contributed by atoms with Crippen LogP contribution in [0.15, 0.2) is 18.2 Å². The minimum Gasteiger partial charge on any atom is -0.506 e. The third-order valence-electron chi connectivity index (χ3n) is 1.71. The summed E-state index contributed by atoms with van der Waals surface area (Å²) in [5.74, 6) is -0.626. The van der Waals surface area contributed by atoms with Gasteiger partial charge in [-0.3, -0.25) is 0 Å². The molecule has 2 nitrogen and oxygen atoms in total. The molecule has 0 saturated heterocycles. The number of para-hydroxylation sites is 1. The number of nitrogens with two attached hydrogens (primary N) is 1. The van der Waals surface area contributed by atoms with Crippen LogP contribution in [0.5, 0.6) is 5.75 Å². The van der Waals surface area contributed by atoms with E-state index in [4.69, 9.17) is 17.3 Å². The van der Waals surface area contributed by atoms with Gasteiger partial charge in [0.15, 0.2) is 0 Å². The minimum absolute atomic E-state index is 0. The maximum atomic E-state index is 12.2. The van der Waals surface area contributed by atoms with E-state index in [1.807, 2.05) is 0 Å². The molecule has 0 aliphatic heterocycles. The first-order valence-electron chi connectivity index (χ1n) is 3.63. The van der Waals surface area contributed by atoms with E-state index in [-0.39, 0.29) is 17.4 Å². The topological polar surface area (TPSA) is 46.2 Å². The number of alkyl halides is 3. The smallest absolute Gasteiger partial charge is 0.407 e. The number of phenols is 1. The Morgan fingerprint density at radius 3 is 2.33 bits per heavy atom. The van der Waals surface area contributed by atoms with Gasteiger partial charge in [-0.1, -0.05) is 23.7 Å². The normalized spacial score (nSPS) is 13.1. The van der Waals surface area contributed by atoms with Crippen LogP contribution in [0.1, 0.15) is 11.6 Å². The van der Waals surface area contributed by atoms with Crippen molar-refractivity contribution in [3.63, 3.8) is 0 Å². The Bertz CT molecular complexity index is 343. The molecule has 0 aromatic heterocycles. The summed E-state index contributed by atoms with van der Waals surface area (Å²) in [7, 11) is 0. The zero-order valence-electron chi connectivity index (χ0n) is 7.25. The average Bonchev–Trinajstić information content (AvgIpc) is 2.07. The first kappa shape index (κ1) is 14.3. The lowest BCUT2D eigenvalue weighted by Gasteiger charge is -2.17. The zero-order chi connectivity index (χ0) is 10.9. The van der Waals surface area contributed by atoms with E-state index in [1.165, 1.54) is 12.1 Å². The highest BCUT2D eigenvalue weighted by Gasteiger charge is 2.39. The van der Waals surface area contributed by atoms with Crippen LogP contribution in [0.2, 0.25) is 5.02 Å². The van der Waals surface area contributed by atoms with Gasteiger partial charge in [-0.05, 0) is 6.07 Å². The maximum Gasteiger partial charge on any atom is 0.407 e. The Balaban J connectivity index is 0.00000196. The lowest BCUT2D eigenvalue weighted by molar-refractivity contribution is -0.149. The van der Waals surface area contributed by atoms with Crippen LogP contribution >= 0.6 is 24.0 Å². The van der Waals surface area contributed by atoms with Crippen molar-refractivity contribution in [1.82, 2.24) is 0 Å². The maximum absolute atomic E-state index is 12.2. The molecule has 15 heavy (non-hydrogen) atoms. The molecule has 0 amide bonds. The molecular formula is C8H8Cl2F3NO. The van der Waals surface area contributed by atoms with Crippen molar-refractivity contribution in [3.05, 3.63) is 28.8 Å². The van der Waals surface area contributed by atoms with Gasteiger partial charge < -0.3 is 10.8 Å². The van der Waals surface area contributed by atoms with E-state index in [2.05, 4.69) is 0 Å². The van der Waals surface area contributed by atoms with Gasteiger partial charge >= 0.3 is 6.18 Å². The molecule has 0 aliphatic rings. The molecule has 1 rings (SSSR count). The number of halogens is 5. The molecule has 0 unspecified atom stereocenters. The summed E-state index contributed by atoms with van der Waals surface area (Å²) >= 11 is 5.44. The van der Waals surface area contributed by atoms with Crippen LogP contribution in [0.25, 0.3) is 0 Å². The summed E-state index contributed by atoms with van der Waals surface area (Å²) < 4.78 is 36.5. The predicted molar refractivity (Wildman–Crippen MR) is 53.3 cm³/mol. The Morgan fingerprint density at radius 2 is 1.87 bits per heavy atom. The Morgan fingerprint density at radius 1 is 1.33 bits per heavy atom. The van der Waals surface area contributed by atoms with Crippen molar-refractivity contribution in [1.29, 1.82) is 0 Å². The standard InChI is InChI=1S/C8H7ClF3NO.ClH/c9-5-3-1-2-4(6(5)14)7(13)8(10,11)12;/h1-3,7,14H,13H2;1H/t7-;/m1./s1. The fourth-order valence-electron chi connectivity index (χ4n) is 0.959. The molecule has 0 heterocycles. The van der Waals surface area contributed by atoms with Gasteiger partial charge in [0.05, 0.1) is 5.02 Å². The molecule has 0 saturated carbocycles. The van der Waals surface area contributed by atoms with Gasteiger partial charge in [0.2, 0.25) is 0 Å². The molecule has 0 fully saturated rings. The number of hydrogen-bond donors (Lipinski definition) is 2. The third kappa shape index (κ3) is 3.15. The highest BCUT2D eigenvalue weighted by molar-refractivity contribution is 6.32.